The number of nitrogens with two attached hydrogens (primary N) is 1. The molecule has 2 N–H and O–H groups in total. The molecule has 20 heavy (non-hydrogen) atoms. The lowest BCUT2D eigenvalue weighted by molar-refractivity contribution is 0.594. The van der Waals surface area contributed by atoms with Crippen molar-refractivity contribution in [3.63, 3.8) is 0 Å². The monoisotopic (exact) mass is 291 g/mol. The van der Waals surface area contributed by atoms with Crippen molar-refractivity contribution < 1.29 is 8.42 Å². The van der Waals surface area contributed by atoms with E-state index in [4.69, 9.17) is 5.73 Å². The average molecular weight is 291 g/mol. The van der Waals surface area contributed by atoms with Crippen LogP contribution in [-0.4, -0.2) is 20.4 Å². The first-order chi connectivity index (χ1) is 9.34. The average Bonchev–Trinajstić information content (AvgIpc) is 2.38. The van der Waals surface area contributed by atoms with Crippen LogP contribution in [0.15, 0.2) is 41.6 Å². The number of aromatic nitrogens is 1. The Morgan fingerprint density at radius 3 is 2.50 bits per heavy atom. The molecule has 0 unspecified atom stereocenters. The highest BCUT2D eigenvalue weighted by Crippen LogP contribution is 2.28. The van der Waals surface area contributed by atoms with Gasteiger partial charge in [-0.2, -0.15) is 0 Å². The fraction of sp³-hybridized carbons (Fsp3) is 0.214. The van der Waals surface area contributed by atoms with Gasteiger partial charge in [-0.15, -0.1) is 0 Å². The first-order valence-corrected chi connectivity index (χ1v) is 7.53. The zero-order valence-electron chi connectivity index (χ0n) is 11.7. The Kier molecular flexibility index (Phi) is 3.67. The number of sulfonamides is 1. The number of anilines is 2. The molecule has 0 aliphatic rings. The molecular formula is C14H17N3O2S. The number of nitrogens with zero attached hydrogens (tertiary/aromatic N) is 2. The molecule has 0 saturated heterocycles. The van der Waals surface area contributed by atoms with Crippen molar-refractivity contribution in [1.82, 2.24) is 4.98 Å². The van der Waals surface area contributed by atoms with Gasteiger partial charge >= 0.3 is 0 Å². The maximum Gasteiger partial charge on any atom is 0.264 e. The van der Waals surface area contributed by atoms with Crippen molar-refractivity contribution in [2.24, 2.45) is 0 Å². The predicted molar refractivity (Wildman–Crippen MR) is 80.2 cm³/mol. The van der Waals surface area contributed by atoms with Gasteiger partial charge in [0, 0.05) is 13.2 Å². The second-order valence-corrected chi connectivity index (χ2v) is 6.61. The molecule has 2 rings (SSSR count). The van der Waals surface area contributed by atoms with Crippen LogP contribution in [0.3, 0.4) is 0 Å². The molecule has 0 saturated carbocycles. The van der Waals surface area contributed by atoms with E-state index < -0.39 is 10.0 Å². The molecule has 0 aliphatic heterocycles. The number of nitrogen functional groups attached to an aromatic ring is 1. The third-order valence-corrected chi connectivity index (χ3v) is 5.07. The Balaban J connectivity index is 2.53. The van der Waals surface area contributed by atoms with Crippen LogP contribution in [-0.2, 0) is 10.0 Å². The summed E-state index contributed by atoms with van der Waals surface area (Å²) < 4.78 is 26.5. The van der Waals surface area contributed by atoms with Crippen molar-refractivity contribution in [3.05, 3.63) is 47.8 Å². The number of hydrogen-bond acceptors (Lipinski definition) is 4. The van der Waals surface area contributed by atoms with Crippen molar-refractivity contribution in [2.75, 3.05) is 17.1 Å². The molecule has 0 atom stereocenters. The third kappa shape index (κ3) is 2.46. The van der Waals surface area contributed by atoms with E-state index in [2.05, 4.69) is 4.98 Å². The van der Waals surface area contributed by atoms with Gasteiger partial charge in [-0.05, 0) is 31.5 Å². The molecule has 5 nitrogen and oxygen atoms in total. The molecule has 0 amide bonds. The molecule has 0 aliphatic carbocycles. The predicted octanol–water partition coefficient (Wildman–Crippen LogP) is 2.11. The lowest BCUT2D eigenvalue weighted by Crippen LogP contribution is -2.28. The number of hydrogen-bond donors (Lipinski definition) is 1. The summed E-state index contributed by atoms with van der Waals surface area (Å²) in [5.41, 5.74) is 8.26. The molecular weight excluding hydrogens is 274 g/mol. The fourth-order valence-electron chi connectivity index (χ4n) is 2.05. The second kappa shape index (κ2) is 5.13. The van der Waals surface area contributed by atoms with Crippen LogP contribution in [0.5, 0.6) is 0 Å². The number of benzene rings is 1. The van der Waals surface area contributed by atoms with E-state index in [-0.39, 0.29) is 4.90 Å². The summed E-state index contributed by atoms with van der Waals surface area (Å²) in [6.07, 6.45) is 2.95. The molecule has 1 aromatic heterocycles. The van der Waals surface area contributed by atoms with Crippen LogP contribution in [0.4, 0.5) is 11.4 Å². The zero-order chi connectivity index (χ0) is 14.9. The Hall–Kier alpha value is -2.08. The third-order valence-electron chi connectivity index (χ3n) is 3.14. The number of rotatable bonds is 3. The first-order valence-electron chi connectivity index (χ1n) is 6.09. The van der Waals surface area contributed by atoms with Gasteiger partial charge in [-0.3, -0.25) is 9.29 Å². The number of aryl methyl sites for hydroxylation is 2. The van der Waals surface area contributed by atoms with Crippen molar-refractivity contribution >= 4 is 21.4 Å². The maximum atomic E-state index is 12.7. The zero-order valence-corrected chi connectivity index (χ0v) is 12.5. The van der Waals surface area contributed by atoms with E-state index in [0.717, 1.165) is 5.56 Å². The molecule has 0 radical (unpaired) electrons. The minimum Gasteiger partial charge on any atom is -0.396 e. The highest BCUT2D eigenvalue weighted by Gasteiger charge is 2.24. The lowest BCUT2D eigenvalue weighted by atomic mass is 10.2. The topological polar surface area (TPSA) is 76.3 Å². The summed E-state index contributed by atoms with van der Waals surface area (Å²) in [5.74, 6) is 0. The maximum absolute atomic E-state index is 12.7. The summed E-state index contributed by atoms with van der Waals surface area (Å²) in [6.45, 7) is 3.71. The quantitative estimate of drug-likeness (QED) is 0.939. The van der Waals surface area contributed by atoms with Crippen molar-refractivity contribution in [3.8, 4) is 0 Å². The van der Waals surface area contributed by atoms with Gasteiger partial charge in [0.1, 0.15) is 0 Å². The summed E-state index contributed by atoms with van der Waals surface area (Å²) in [5, 5.41) is 0. The van der Waals surface area contributed by atoms with E-state index in [9.17, 15) is 8.42 Å². The Morgan fingerprint density at radius 1 is 1.20 bits per heavy atom. The van der Waals surface area contributed by atoms with E-state index >= 15 is 0 Å². The largest absolute Gasteiger partial charge is 0.396 e. The van der Waals surface area contributed by atoms with Crippen LogP contribution in [0, 0.1) is 13.8 Å². The molecule has 0 bridgehead atoms. The van der Waals surface area contributed by atoms with E-state index in [1.54, 1.807) is 25.1 Å². The van der Waals surface area contributed by atoms with Gasteiger partial charge in [0.15, 0.2) is 0 Å². The minimum atomic E-state index is -3.64. The van der Waals surface area contributed by atoms with Crippen LogP contribution >= 0.6 is 0 Å². The summed E-state index contributed by atoms with van der Waals surface area (Å²) in [6, 6.07) is 6.82. The van der Waals surface area contributed by atoms with Gasteiger partial charge in [0.25, 0.3) is 10.0 Å². The van der Waals surface area contributed by atoms with E-state index in [0.29, 0.717) is 16.9 Å². The smallest absolute Gasteiger partial charge is 0.264 e. The Morgan fingerprint density at radius 2 is 1.90 bits per heavy atom. The molecule has 0 spiro atoms. The van der Waals surface area contributed by atoms with Gasteiger partial charge < -0.3 is 5.73 Å². The Labute approximate surface area is 119 Å². The van der Waals surface area contributed by atoms with Gasteiger partial charge in [-0.1, -0.05) is 17.7 Å². The van der Waals surface area contributed by atoms with Gasteiger partial charge in [0.2, 0.25) is 0 Å². The molecule has 0 fully saturated rings. The van der Waals surface area contributed by atoms with Gasteiger partial charge in [0.05, 0.1) is 22.5 Å². The molecule has 106 valence electrons. The second-order valence-electron chi connectivity index (χ2n) is 4.68. The van der Waals surface area contributed by atoms with Crippen molar-refractivity contribution in [1.29, 1.82) is 0 Å². The molecule has 2 aromatic rings. The Bertz CT molecular complexity index is 742. The summed E-state index contributed by atoms with van der Waals surface area (Å²) in [7, 11) is -2.15. The highest BCUT2D eigenvalue weighted by molar-refractivity contribution is 7.92. The molecule has 1 aromatic carbocycles. The highest BCUT2D eigenvalue weighted by atomic mass is 32.2. The van der Waals surface area contributed by atoms with Crippen LogP contribution < -0.4 is 10.0 Å². The number of pyridine rings is 1. The molecule has 6 heteroatoms. The van der Waals surface area contributed by atoms with Crippen LogP contribution in [0.25, 0.3) is 0 Å². The van der Waals surface area contributed by atoms with Crippen LogP contribution in [0.2, 0.25) is 0 Å². The minimum absolute atomic E-state index is 0.279. The normalized spacial score (nSPS) is 11.3. The SMILES string of the molecule is Cc1ccc(S(=O)(=O)N(C)c2ccncc2N)c(C)c1. The summed E-state index contributed by atoms with van der Waals surface area (Å²) >= 11 is 0. The van der Waals surface area contributed by atoms with E-state index in [1.807, 2.05) is 13.0 Å². The van der Waals surface area contributed by atoms with Gasteiger partial charge in [-0.25, -0.2) is 8.42 Å². The standard InChI is InChI=1S/C14H17N3O2S/c1-10-4-5-14(11(2)8-10)20(18,19)17(3)13-6-7-16-9-12(13)15/h4-9H,15H2,1-3H3. The fourth-order valence-corrected chi connectivity index (χ4v) is 3.48. The summed E-state index contributed by atoms with van der Waals surface area (Å²) in [4.78, 5) is 4.14. The first kappa shape index (κ1) is 14.3. The van der Waals surface area contributed by atoms with Crippen molar-refractivity contribution in [2.45, 2.75) is 18.7 Å². The van der Waals surface area contributed by atoms with E-state index in [1.165, 1.54) is 23.7 Å². The van der Waals surface area contributed by atoms with Crippen LogP contribution in [0.1, 0.15) is 11.1 Å². The molecule has 1 heterocycles. The lowest BCUT2D eigenvalue weighted by Gasteiger charge is -2.21.